The van der Waals surface area contributed by atoms with E-state index < -0.39 is 12.5 Å². The van der Waals surface area contributed by atoms with E-state index in [0.29, 0.717) is 32.5 Å². The predicted molar refractivity (Wildman–Crippen MR) is 90.6 cm³/mol. The van der Waals surface area contributed by atoms with E-state index in [-0.39, 0.29) is 36.0 Å². The van der Waals surface area contributed by atoms with E-state index in [1.54, 1.807) is 7.11 Å². The van der Waals surface area contributed by atoms with Crippen molar-refractivity contribution in [3.05, 3.63) is 24.0 Å². The van der Waals surface area contributed by atoms with E-state index in [1.165, 1.54) is 18.3 Å². The van der Waals surface area contributed by atoms with Crippen molar-refractivity contribution in [2.45, 2.75) is 38.0 Å². The molecule has 10 heteroatoms. The number of hydrogen-bond acceptors (Lipinski definition) is 6. The average molecular weight is 387 g/mol. The van der Waals surface area contributed by atoms with Crippen LogP contribution in [0.5, 0.6) is 5.75 Å². The van der Waals surface area contributed by atoms with E-state index in [9.17, 15) is 18.4 Å². The molecule has 2 atom stereocenters. The molecule has 2 rings (SSSR count). The topological polar surface area (TPSA) is 98.8 Å². The zero-order valence-corrected chi connectivity index (χ0v) is 15.0. The van der Waals surface area contributed by atoms with Gasteiger partial charge in [-0.3, -0.25) is 9.59 Å². The summed E-state index contributed by atoms with van der Waals surface area (Å²) in [7, 11) is 1.55. The van der Waals surface area contributed by atoms with Crippen molar-refractivity contribution in [2.24, 2.45) is 0 Å². The Bertz CT molecular complexity index is 632. The molecule has 1 aromatic heterocycles. The summed E-state index contributed by atoms with van der Waals surface area (Å²) in [6, 6.07) is 2.38. The molecule has 1 aromatic rings. The molecule has 27 heavy (non-hydrogen) atoms. The highest BCUT2D eigenvalue weighted by Gasteiger charge is 2.28. The van der Waals surface area contributed by atoms with Gasteiger partial charge in [-0.25, -0.2) is 4.98 Å². The molecule has 0 unspecified atom stereocenters. The minimum absolute atomic E-state index is 0.0564. The predicted octanol–water partition coefficient (Wildman–Crippen LogP) is 1.11. The number of pyridine rings is 1. The van der Waals surface area contributed by atoms with Crippen LogP contribution in [-0.2, 0) is 14.3 Å². The van der Waals surface area contributed by atoms with Crippen molar-refractivity contribution >= 4 is 11.8 Å². The number of ether oxygens (including phenoxy) is 3. The second kappa shape index (κ2) is 10.7. The Morgan fingerprint density at radius 2 is 2.00 bits per heavy atom. The molecule has 0 aromatic carbocycles. The second-order valence-corrected chi connectivity index (χ2v) is 6.02. The van der Waals surface area contributed by atoms with Crippen molar-refractivity contribution < 1.29 is 32.6 Å². The summed E-state index contributed by atoms with van der Waals surface area (Å²) in [5, 5.41) is 5.59. The number of alkyl halides is 2. The SMILES string of the molecule is COCCOCC(=O)N[C@@H]1CC[C@H](NC(=O)c2ncccc2OC(F)F)C1. The van der Waals surface area contributed by atoms with Gasteiger partial charge in [-0.05, 0) is 31.4 Å². The highest BCUT2D eigenvalue weighted by atomic mass is 19.3. The molecule has 150 valence electrons. The van der Waals surface area contributed by atoms with Crippen LogP contribution < -0.4 is 15.4 Å². The molecule has 0 bridgehead atoms. The highest BCUT2D eigenvalue weighted by Crippen LogP contribution is 2.22. The first-order chi connectivity index (χ1) is 13.0. The van der Waals surface area contributed by atoms with Crippen molar-refractivity contribution in [1.82, 2.24) is 15.6 Å². The molecule has 0 radical (unpaired) electrons. The van der Waals surface area contributed by atoms with Crippen LogP contribution in [0.4, 0.5) is 8.78 Å². The molecule has 2 amide bonds. The second-order valence-electron chi connectivity index (χ2n) is 6.02. The van der Waals surface area contributed by atoms with Crippen LogP contribution in [0, 0.1) is 0 Å². The molecule has 0 saturated heterocycles. The third-order valence-corrected chi connectivity index (χ3v) is 4.00. The third kappa shape index (κ3) is 7.06. The molecule has 8 nitrogen and oxygen atoms in total. The number of aromatic nitrogens is 1. The van der Waals surface area contributed by atoms with Crippen molar-refractivity contribution in [3.63, 3.8) is 0 Å². The maximum atomic E-state index is 12.4. The van der Waals surface area contributed by atoms with E-state index in [1.807, 2.05) is 0 Å². The van der Waals surface area contributed by atoms with Gasteiger partial charge in [0.1, 0.15) is 6.61 Å². The van der Waals surface area contributed by atoms with Gasteiger partial charge in [0.15, 0.2) is 11.4 Å². The molecule has 0 aliphatic heterocycles. The minimum atomic E-state index is -3.04. The standard InChI is InChI=1S/C17H23F2N3O5/c1-25-7-8-26-10-14(23)21-11-4-5-12(9-11)22-16(24)15-13(27-17(18)19)3-2-6-20-15/h2-3,6,11-12,17H,4-5,7-10H2,1H3,(H,21,23)(H,22,24)/t11-,12+/m1/s1. The van der Waals surface area contributed by atoms with Crippen LogP contribution in [0.1, 0.15) is 29.8 Å². The lowest BCUT2D eigenvalue weighted by molar-refractivity contribution is -0.126. The number of nitrogens with one attached hydrogen (secondary N) is 2. The molecule has 2 N–H and O–H groups in total. The maximum absolute atomic E-state index is 12.4. The Morgan fingerprint density at radius 3 is 2.70 bits per heavy atom. The molecule has 1 fully saturated rings. The fraction of sp³-hybridized carbons (Fsp3) is 0.588. The van der Waals surface area contributed by atoms with Gasteiger partial charge >= 0.3 is 6.61 Å². The average Bonchev–Trinajstić information content (AvgIpc) is 3.05. The van der Waals surface area contributed by atoms with E-state index >= 15 is 0 Å². The number of carbonyl (C=O) groups is 2. The van der Waals surface area contributed by atoms with Crippen LogP contribution in [0.2, 0.25) is 0 Å². The third-order valence-electron chi connectivity index (χ3n) is 4.00. The van der Waals surface area contributed by atoms with Gasteiger partial charge in [0.05, 0.1) is 13.2 Å². The van der Waals surface area contributed by atoms with E-state index in [0.717, 1.165) is 0 Å². The number of halogens is 2. The Kier molecular flexibility index (Phi) is 8.34. The molecular formula is C17H23F2N3O5. The van der Waals surface area contributed by atoms with Gasteiger partial charge in [0, 0.05) is 25.4 Å². The van der Waals surface area contributed by atoms with Gasteiger partial charge < -0.3 is 24.8 Å². The fourth-order valence-corrected chi connectivity index (χ4v) is 2.83. The first kappa shape index (κ1) is 21.0. The first-order valence-electron chi connectivity index (χ1n) is 8.56. The van der Waals surface area contributed by atoms with Gasteiger partial charge in [0.2, 0.25) is 5.91 Å². The maximum Gasteiger partial charge on any atom is 0.387 e. The largest absolute Gasteiger partial charge is 0.432 e. The molecule has 1 heterocycles. The number of hydrogen-bond donors (Lipinski definition) is 2. The quantitative estimate of drug-likeness (QED) is 0.584. The van der Waals surface area contributed by atoms with Crippen LogP contribution in [0.15, 0.2) is 18.3 Å². The Morgan fingerprint density at radius 1 is 1.26 bits per heavy atom. The van der Waals surface area contributed by atoms with Crippen molar-refractivity contribution in [1.29, 1.82) is 0 Å². The van der Waals surface area contributed by atoms with Crippen LogP contribution in [-0.4, -0.2) is 62.4 Å². The minimum Gasteiger partial charge on any atom is -0.432 e. The van der Waals surface area contributed by atoms with Gasteiger partial charge in [-0.15, -0.1) is 0 Å². The van der Waals surface area contributed by atoms with E-state index in [4.69, 9.17) is 9.47 Å². The van der Waals surface area contributed by atoms with E-state index in [2.05, 4.69) is 20.4 Å². The zero-order valence-electron chi connectivity index (χ0n) is 15.0. The summed E-state index contributed by atoms with van der Waals surface area (Å²) >= 11 is 0. The summed E-state index contributed by atoms with van der Waals surface area (Å²) in [6.07, 6.45) is 3.21. The normalized spacial score (nSPS) is 19.1. The molecule has 1 saturated carbocycles. The lowest BCUT2D eigenvalue weighted by atomic mass is 10.2. The van der Waals surface area contributed by atoms with Crippen LogP contribution in [0.25, 0.3) is 0 Å². The van der Waals surface area contributed by atoms with Crippen molar-refractivity contribution in [2.75, 3.05) is 26.9 Å². The van der Waals surface area contributed by atoms with Gasteiger partial charge in [-0.1, -0.05) is 0 Å². The Labute approximate surface area is 155 Å². The number of amides is 2. The summed E-state index contributed by atoms with van der Waals surface area (Å²) in [6.45, 7) is -2.35. The first-order valence-corrected chi connectivity index (χ1v) is 8.56. The van der Waals surface area contributed by atoms with Crippen LogP contribution in [0.3, 0.4) is 0 Å². The summed E-state index contributed by atoms with van der Waals surface area (Å²) < 4.78 is 39.2. The highest BCUT2D eigenvalue weighted by molar-refractivity contribution is 5.95. The lowest BCUT2D eigenvalue weighted by Crippen LogP contribution is -2.38. The number of carbonyl (C=O) groups excluding carboxylic acids is 2. The molecular weight excluding hydrogens is 364 g/mol. The summed E-state index contributed by atoms with van der Waals surface area (Å²) in [5.41, 5.74) is -0.197. The Hall–Kier alpha value is -2.33. The number of nitrogens with zero attached hydrogens (tertiary/aromatic N) is 1. The molecule has 1 aliphatic rings. The molecule has 1 aliphatic carbocycles. The lowest BCUT2D eigenvalue weighted by Gasteiger charge is -2.15. The van der Waals surface area contributed by atoms with Gasteiger partial charge in [-0.2, -0.15) is 8.78 Å². The zero-order chi connectivity index (χ0) is 19.6. The molecule has 0 spiro atoms. The van der Waals surface area contributed by atoms with Gasteiger partial charge in [0.25, 0.3) is 5.91 Å². The Balaban J connectivity index is 1.79. The summed E-state index contributed by atoms with van der Waals surface area (Å²) in [5.74, 6) is -1.10. The summed E-state index contributed by atoms with van der Waals surface area (Å²) in [4.78, 5) is 27.9. The van der Waals surface area contributed by atoms with Crippen molar-refractivity contribution in [3.8, 4) is 5.75 Å². The number of rotatable bonds is 10. The fourth-order valence-electron chi connectivity index (χ4n) is 2.83. The monoisotopic (exact) mass is 387 g/mol. The number of methoxy groups -OCH3 is 1. The van der Waals surface area contributed by atoms with Crippen LogP contribution >= 0.6 is 0 Å². The smallest absolute Gasteiger partial charge is 0.387 e.